The predicted molar refractivity (Wildman–Crippen MR) is 111 cm³/mol. The quantitative estimate of drug-likeness (QED) is 0.460. The van der Waals surface area contributed by atoms with Gasteiger partial charge in [-0.05, 0) is 37.6 Å². The maximum atomic E-state index is 15.8. The highest BCUT2D eigenvalue weighted by Crippen LogP contribution is 2.48. The topological polar surface area (TPSA) is 57.2 Å². The molecular formula is C23H27F2NO5. The number of halogens is 2. The van der Waals surface area contributed by atoms with Crippen LogP contribution in [0.15, 0.2) is 36.4 Å². The number of benzene rings is 2. The number of aldehydes is 1. The van der Waals surface area contributed by atoms with Gasteiger partial charge in [-0.25, -0.2) is 13.7 Å². The molecule has 0 amide bonds. The molecule has 0 aromatic heterocycles. The van der Waals surface area contributed by atoms with Crippen molar-refractivity contribution in [2.24, 2.45) is 0 Å². The lowest BCUT2D eigenvalue weighted by Crippen LogP contribution is -2.46. The van der Waals surface area contributed by atoms with Crippen molar-refractivity contribution < 1.29 is 32.5 Å². The van der Waals surface area contributed by atoms with Crippen LogP contribution < -0.4 is 14.2 Å². The van der Waals surface area contributed by atoms with Crippen molar-refractivity contribution in [1.29, 1.82) is 0 Å². The predicted octanol–water partition coefficient (Wildman–Crippen LogP) is 4.07. The van der Waals surface area contributed by atoms with Crippen molar-refractivity contribution in [3.8, 4) is 17.2 Å². The number of carbonyl (C=O) groups excluding carboxylic acids is 1. The zero-order valence-corrected chi connectivity index (χ0v) is 18.2. The number of rotatable bonds is 8. The van der Waals surface area contributed by atoms with Gasteiger partial charge >= 0.3 is 0 Å². The second-order valence-corrected chi connectivity index (χ2v) is 7.77. The molecule has 6 nitrogen and oxygen atoms in total. The number of carbonyl (C=O) groups is 1. The van der Waals surface area contributed by atoms with Gasteiger partial charge in [0.15, 0.2) is 6.30 Å². The number of hydrogen-bond acceptors (Lipinski definition) is 6. The van der Waals surface area contributed by atoms with Crippen molar-refractivity contribution in [2.75, 3.05) is 21.3 Å². The van der Waals surface area contributed by atoms with E-state index in [-0.39, 0.29) is 12.0 Å². The molecule has 0 saturated carbocycles. The highest BCUT2D eigenvalue weighted by Gasteiger charge is 2.52. The molecule has 3 unspecified atom stereocenters. The smallest absolute Gasteiger partial charge is 0.160 e. The highest BCUT2D eigenvalue weighted by atomic mass is 19.1. The van der Waals surface area contributed by atoms with E-state index >= 15 is 4.39 Å². The third-order valence-corrected chi connectivity index (χ3v) is 5.53. The van der Waals surface area contributed by atoms with E-state index in [1.165, 1.54) is 38.4 Å². The Balaban J connectivity index is 2.03. The first-order valence-electron chi connectivity index (χ1n) is 9.85. The fourth-order valence-corrected chi connectivity index (χ4v) is 3.92. The molecule has 1 aliphatic rings. The average molecular weight is 435 g/mol. The fourth-order valence-electron chi connectivity index (χ4n) is 3.92. The molecule has 1 saturated heterocycles. The summed E-state index contributed by atoms with van der Waals surface area (Å²) in [5.41, 5.74) is -0.377. The number of alkyl halides is 1. The molecule has 3 rings (SSSR count). The summed E-state index contributed by atoms with van der Waals surface area (Å²) in [6.45, 7) is 3.42. The molecule has 0 bridgehead atoms. The molecule has 1 fully saturated rings. The summed E-state index contributed by atoms with van der Waals surface area (Å²) < 4.78 is 52.3. The van der Waals surface area contributed by atoms with Gasteiger partial charge < -0.3 is 23.7 Å². The first kappa shape index (κ1) is 23.0. The van der Waals surface area contributed by atoms with E-state index in [9.17, 15) is 9.18 Å². The van der Waals surface area contributed by atoms with E-state index in [0.717, 1.165) is 0 Å². The second kappa shape index (κ2) is 9.20. The molecule has 2 aromatic rings. The van der Waals surface area contributed by atoms with Crippen molar-refractivity contribution >= 4 is 6.29 Å². The van der Waals surface area contributed by atoms with Crippen LogP contribution in [0.1, 0.15) is 31.2 Å². The molecule has 1 heterocycles. The lowest BCUT2D eigenvalue weighted by Gasteiger charge is -2.31. The number of ether oxygens (including phenoxy) is 4. The summed E-state index contributed by atoms with van der Waals surface area (Å²) in [5.74, 6) is 0.610. The lowest BCUT2D eigenvalue weighted by atomic mass is 9.99. The maximum Gasteiger partial charge on any atom is 0.160 e. The first-order chi connectivity index (χ1) is 14.8. The molecule has 168 valence electrons. The molecule has 0 N–H and O–H groups in total. The van der Waals surface area contributed by atoms with Crippen molar-refractivity contribution in [2.45, 2.75) is 44.4 Å². The van der Waals surface area contributed by atoms with E-state index in [0.29, 0.717) is 29.1 Å². The van der Waals surface area contributed by atoms with Gasteiger partial charge in [0.2, 0.25) is 0 Å². The van der Waals surface area contributed by atoms with E-state index < -0.39 is 30.0 Å². The van der Waals surface area contributed by atoms with Crippen LogP contribution in [0.3, 0.4) is 0 Å². The second-order valence-electron chi connectivity index (χ2n) is 7.77. The van der Waals surface area contributed by atoms with E-state index in [4.69, 9.17) is 18.9 Å². The highest BCUT2D eigenvalue weighted by molar-refractivity contribution is 5.61. The summed E-state index contributed by atoms with van der Waals surface area (Å²) in [6.07, 6.45) is -2.33. The van der Waals surface area contributed by atoms with Gasteiger partial charge in [0, 0.05) is 12.5 Å². The average Bonchev–Trinajstić information content (AvgIpc) is 3.04. The zero-order valence-electron chi connectivity index (χ0n) is 18.2. The standard InChI is InChI=1S/C23H27F2NO5/c1-23(2)19(13-27)26(20(25)11-14-9-10-15(28-3)12-16(14)24)22(31-23)21-17(29-4)7-6-8-18(21)30-5/h6-10,12-13,19-20,22H,11H2,1-5H3. The molecule has 3 atom stereocenters. The van der Waals surface area contributed by atoms with Crippen LogP contribution in [0, 0.1) is 5.82 Å². The Morgan fingerprint density at radius 3 is 2.29 bits per heavy atom. The molecular weight excluding hydrogens is 408 g/mol. The summed E-state index contributed by atoms with van der Waals surface area (Å²) in [5, 5.41) is 0. The van der Waals surface area contributed by atoms with Gasteiger partial charge in [-0.1, -0.05) is 12.1 Å². The van der Waals surface area contributed by atoms with Crippen LogP contribution >= 0.6 is 0 Å². The third-order valence-electron chi connectivity index (χ3n) is 5.53. The summed E-state index contributed by atoms with van der Waals surface area (Å²) >= 11 is 0. The molecule has 31 heavy (non-hydrogen) atoms. The molecule has 1 aliphatic heterocycles. The summed E-state index contributed by atoms with van der Waals surface area (Å²) in [6, 6.07) is 8.47. The van der Waals surface area contributed by atoms with Crippen LogP contribution in [0.5, 0.6) is 17.2 Å². The Morgan fingerprint density at radius 1 is 1.13 bits per heavy atom. The largest absolute Gasteiger partial charge is 0.497 e. The van der Waals surface area contributed by atoms with Crippen LogP contribution in [0.4, 0.5) is 8.78 Å². The fraction of sp³-hybridized carbons (Fsp3) is 0.435. The Morgan fingerprint density at radius 2 is 1.77 bits per heavy atom. The van der Waals surface area contributed by atoms with E-state index in [1.54, 1.807) is 38.1 Å². The Kier molecular flexibility index (Phi) is 6.81. The SMILES string of the molecule is COc1ccc(CC(F)N2C(c3c(OC)cccc3OC)OC(C)(C)C2C=O)c(F)c1. The van der Waals surface area contributed by atoms with Crippen molar-refractivity contribution in [3.05, 3.63) is 53.3 Å². The van der Waals surface area contributed by atoms with E-state index in [2.05, 4.69) is 0 Å². The van der Waals surface area contributed by atoms with Gasteiger partial charge in [-0.15, -0.1) is 0 Å². The van der Waals surface area contributed by atoms with Crippen molar-refractivity contribution in [3.63, 3.8) is 0 Å². The van der Waals surface area contributed by atoms with Crippen LogP contribution in [-0.2, 0) is 16.0 Å². The van der Waals surface area contributed by atoms with Gasteiger partial charge in [-0.2, -0.15) is 0 Å². The van der Waals surface area contributed by atoms with Crippen molar-refractivity contribution in [1.82, 2.24) is 4.90 Å². The summed E-state index contributed by atoms with van der Waals surface area (Å²) in [4.78, 5) is 13.3. The van der Waals surface area contributed by atoms with Gasteiger partial charge in [0.1, 0.15) is 35.6 Å². The minimum absolute atomic E-state index is 0.161. The molecule has 8 heteroatoms. The number of methoxy groups -OCH3 is 3. The Bertz CT molecular complexity index is 914. The van der Waals surface area contributed by atoms with Gasteiger partial charge in [0.05, 0.1) is 38.5 Å². The minimum Gasteiger partial charge on any atom is -0.497 e. The van der Waals surface area contributed by atoms with Gasteiger partial charge in [0.25, 0.3) is 0 Å². The van der Waals surface area contributed by atoms with E-state index in [1.807, 2.05) is 0 Å². The first-order valence-corrected chi connectivity index (χ1v) is 9.85. The van der Waals surface area contributed by atoms with Crippen LogP contribution in [0.2, 0.25) is 0 Å². The Labute approximate surface area is 180 Å². The third kappa shape index (κ3) is 4.36. The Hall–Kier alpha value is -2.71. The molecule has 2 aromatic carbocycles. The summed E-state index contributed by atoms with van der Waals surface area (Å²) in [7, 11) is 4.40. The molecule has 0 spiro atoms. The number of nitrogens with zero attached hydrogens (tertiary/aromatic N) is 1. The molecule has 0 aliphatic carbocycles. The van der Waals surface area contributed by atoms with Gasteiger partial charge in [-0.3, -0.25) is 0 Å². The van der Waals surface area contributed by atoms with Crippen LogP contribution in [-0.4, -0.2) is 50.5 Å². The van der Waals surface area contributed by atoms with Crippen LogP contribution in [0.25, 0.3) is 0 Å². The normalized spacial score (nSPS) is 21.5. The zero-order chi connectivity index (χ0) is 22.8. The lowest BCUT2D eigenvalue weighted by molar-refractivity contribution is -0.115. The minimum atomic E-state index is -1.72. The number of hydrogen-bond donors (Lipinski definition) is 0. The maximum absolute atomic E-state index is 15.8. The molecule has 0 radical (unpaired) electrons. The monoisotopic (exact) mass is 435 g/mol.